The highest BCUT2D eigenvalue weighted by atomic mass is 16.1. The van der Waals surface area contributed by atoms with Crippen LogP contribution in [-0.2, 0) is 4.79 Å². The molecule has 0 saturated carbocycles. The Labute approximate surface area is 61.4 Å². The van der Waals surface area contributed by atoms with Crippen molar-refractivity contribution in [1.29, 1.82) is 0 Å². The van der Waals surface area contributed by atoms with Crippen LogP contribution in [0.25, 0.3) is 0 Å². The predicted molar refractivity (Wildman–Crippen MR) is 41.8 cm³/mol. The predicted octanol–water partition coefficient (Wildman–Crippen LogP) is 2.24. The highest BCUT2D eigenvalue weighted by Gasteiger charge is 2.01. The Morgan fingerprint density at radius 2 is 2.30 bits per heavy atom. The molecule has 0 N–H and O–H groups in total. The monoisotopic (exact) mass is 136 g/mol. The molecular formula is C9H12O. The average Bonchev–Trinajstić information content (AvgIpc) is 1.95. The van der Waals surface area contributed by atoms with Crippen LogP contribution in [0.3, 0.4) is 0 Å². The number of hydrogen-bond donors (Lipinski definition) is 0. The molecule has 0 unspecified atom stereocenters. The fourth-order valence-corrected chi connectivity index (χ4v) is 1.04. The van der Waals surface area contributed by atoms with E-state index in [4.69, 9.17) is 0 Å². The molecule has 1 heteroatoms. The van der Waals surface area contributed by atoms with Crippen LogP contribution in [0.15, 0.2) is 23.8 Å². The minimum absolute atomic E-state index is 0.222. The van der Waals surface area contributed by atoms with Crippen molar-refractivity contribution in [2.75, 3.05) is 0 Å². The molecule has 1 aliphatic carbocycles. The lowest BCUT2D eigenvalue weighted by atomic mass is 10.0. The molecule has 0 radical (unpaired) electrons. The topological polar surface area (TPSA) is 17.1 Å². The fraction of sp³-hybridized carbons (Fsp3) is 0.444. The summed E-state index contributed by atoms with van der Waals surface area (Å²) in [6.07, 6.45) is 8.48. The first-order valence-corrected chi connectivity index (χ1v) is 3.73. The third kappa shape index (κ3) is 1.83. The van der Waals surface area contributed by atoms with E-state index in [1.807, 2.05) is 12.2 Å². The molecule has 10 heavy (non-hydrogen) atoms. The molecule has 0 spiro atoms. The summed E-state index contributed by atoms with van der Waals surface area (Å²) >= 11 is 0. The molecule has 0 aliphatic heterocycles. The lowest BCUT2D eigenvalue weighted by Gasteiger charge is -2.02. The molecule has 54 valence electrons. The van der Waals surface area contributed by atoms with Gasteiger partial charge in [-0.25, -0.2) is 0 Å². The Balaban J connectivity index is 2.50. The maximum absolute atomic E-state index is 10.7. The van der Waals surface area contributed by atoms with Crippen molar-refractivity contribution in [3.63, 3.8) is 0 Å². The van der Waals surface area contributed by atoms with Crippen molar-refractivity contribution < 1.29 is 4.79 Å². The molecular weight excluding hydrogens is 124 g/mol. The molecule has 0 atom stereocenters. The van der Waals surface area contributed by atoms with E-state index >= 15 is 0 Å². The van der Waals surface area contributed by atoms with Crippen molar-refractivity contribution >= 4 is 5.78 Å². The van der Waals surface area contributed by atoms with E-state index in [9.17, 15) is 4.79 Å². The Morgan fingerprint density at radius 1 is 1.50 bits per heavy atom. The van der Waals surface area contributed by atoms with Gasteiger partial charge in [-0.15, -0.1) is 0 Å². The molecule has 0 aromatic heterocycles. The van der Waals surface area contributed by atoms with Gasteiger partial charge in [0.2, 0.25) is 0 Å². The third-order valence-corrected chi connectivity index (χ3v) is 1.59. The van der Waals surface area contributed by atoms with E-state index in [0.29, 0.717) is 6.42 Å². The summed E-state index contributed by atoms with van der Waals surface area (Å²) in [5.74, 6) is 0.222. The highest BCUT2D eigenvalue weighted by molar-refractivity contribution is 5.92. The Hall–Kier alpha value is -0.850. The molecule has 0 aromatic carbocycles. The zero-order chi connectivity index (χ0) is 7.40. The van der Waals surface area contributed by atoms with Gasteiger partial charge in [0.15, 0.2) is 5.78 Å². The Bertz CT molecular complexity index is 187. The molecule has 1 aliphatic rings. The fourth-order valence-electron chi connectivity index (χ4n) is 1.04. The van der Waals surface area contributed by atoms with E-state index in [1.54, 1.807) is 6.08 Å². The van der Waals surface area contributed by atoms with Crippen LogP contribution in [-0.4, -0.2) is 5.78 Å². The van der Waals surface area contributed by atoms with Gasteiger partial charge in [0.1, 0.15) is 0 Å². The van der Waals surface area contributed by atoms with Gasteiger partial charge >= 0.3 is 0 Å². The summed E-state index contributed by atoms with van der Waals surface area (Å²) in [5.41, 5.74) is 1.31. The summed E-state index contributed by atoms with van der Waals surface area (Å²) in [7, 11) is 0. The molecule has 0 fully saturated rings. The molecule has 0 aromatic rings. The van der Waals surface area contributed by atoms with Crippen molar-refractivity contribution in [2.24, 2.45) is 0 Å². The molecule has 1 nitrogen and oxygen atoms in total. The number of carbonyl (C=O) groups excluding carboxylic acids is 1. The summed E-state index contributed by atoms with van der Waals surface area (Å²) in [6.45, 7) is 2.14. The van der Waals surface area contributed by atoms with E-state index in [1.165, 1.54) is 5.57 Å². The maximum atomic E-state index is 10.7. The summed E-state index contributed by atoms with van der Waals surface area (Å²) in [5, 5.41) is 0. The molecule has 0 saturated heterocycles. The van der Waals surface area contributed by atoms with Crippen LogP contribution in [0.4, 0.5) is 0 Å². The van der Waals surface area contributed by atoms with Crippen molar-refractivity contribution in [1.82, 2.24) is 0 Å². The lowest BCUT2D eigenvalue weighted by Crippen LogP contribution is -1.95. The zero-order valence-corrected chi connectivity index (χ0v) is 6.26. The van der Waals surface area contributed by atoms with Gasteiger partial charge in [-0.1, -0.05) is 31.1 Å². The smallest absolute Gasteiger partial charge is 0.159 e. The van der Waals surface area contributed by atoms with Crippen LogP contribution in [0.5, 0.6) is 0 Å². The Kier molecular flexibility index (Phi) is 2.43. The van der Waals surface area contributed by atoms with Gasteiger partial charge in [0.05, 0.1) is 0 Å². The quantitative estimate of drug-likeness (QED) is 0.569. The van der Waals surface area contributed by atoms with Crippen molar-refractivity contribution in [2.45, 2.75) is 26.2 Å². The second kappa shape index (κ2) is 3.35. The van der Waals surface area contributed by atoms with Gasteiger partial charge in [0.25, 0.3) is 0 Å². The van der Waals surface area contributed by atoms with E-state index in [0.717, 1.165) is 12.8 Å². The van der Waals surface area contributed by atoms with E-state index in [-0.39, 0.29) is 5.78 Å². The molecule has 0 amide bonds. The number of carbonyl (C=O) groups is 1. The van der Waals surface area contributed by atoms with Gasteiger partial charge in [-0.2, -0.15) is 0 Å². The first-order chi connectivity index (χ1) is 4.83. The maximum Gasteiger partial charge on any atom is 0.159 e. The minimum Gasteiger partial charge on any atom is -0.295 e. The lowest BCUT2D eigenvalue weighted by molar-refractivity contribution is -0.113. The van der Waals surface area contributed by atoms with Crippen molar-refractivity contribution in [3.8, 4) is 0 Å². The molecule has 0 heterocycles. The number of hydrogen-bond acceptors (Lipinski definition) is 1. The molecule has 0 bridgehead atoms. The van der Waals surface area contributed by atoms with Crippen LogP contribution >= 0.6 is 0 Å². The van der Waals surface area contributed by atoms with E-state index < -0.39 is 0 Å². The number of allylic oxidation sites excluding steroid dienone is 4. The van der Waals surface area contributed by atoms with Gasteiger partial charge in [-0.05, 0) is 12.5 Å². The standard InChI is InChI=1S/C9H12O/c1-2-3-8-4-6-9(10)7-5-8/h4-6H,2-3,7H2,1H3. The minimum atomic E-state index is 0.222. The normalized spacial score (nSPS) is 17.3. The highest BCUT2D eigenvalue weighted by Crippen LogP contribution is 2.12. The number of ketones is 1. The third-order valence-electron chi connectivity index (χ3n) is 1.59. The largest absolute Gasteiger partial charge is 0.295 e. The number of rotatable bonds is 2. The van der Waals surface area contributed by atoms with E-state index in [2.05, 4.69) is 6.92 Å². The van der Waals surface area contributed by atoms with Gasteiger partial charge < -0.3 is 0 Å². The molecule has 1 rings (SSSR count). The summed E-state index contributed by atoms with van der Waals surface area (Å²) in [6, 6.07) is 0. The summed E-state index contributed by atoms with van der Waals surface area (Å²) in [4.78, 5) is 10.7. The van der Waals surface area contributed by atoms with Crippen LogP contribution in [0, 0.1) is 0 Å². The second-order valence-corrected chi connectivity index (χ2v) is 2.53. The second-order valence-electron chi connectivity index (χ2n) is 2.53. The van der Waals surface area contributed by atoms with Crippen LogP contribution in [0.2, 0.25) is 0 Å². The average molecular weight is 136 g/mol. The van der Waals surface area contributed by atoms with Gasteiger partial charge in [0, 0.05) is 6.42 Å². The SMILES string of the molecule is CCCC1=CCC(=O)C=C1. The first kappa shape index (κ1) is 7.26. The van der Waals surface area contributed by atoms with Crippen LogP contribution < -0.4 is 0 Å². The van der Waals surface area contributed by atoms with Gasteiger partial charge in [-0.3, -0.25) is 4.79 Å². The Morgan fingerprint density at radius 3 is 2.80 bits per heavy atom. The van der Waals surface area contributed by atoms with Crippen molar-refractivity contribution in [3.05, 3.63) is 23.8 Å². The first-order valence-electron chi connectivity index (χ1n) is 3.73. The zero-order valence-electron chi connectivity index (χ0n) is 6.26. The summed E-state index contributed by atoms with van der Waals surface area (Å²) < 4.78 is 0. The van der Waals surface area contributed by atoms with Crippen LogP contribution in [0.1, 0.15) is 26.2 Å².